The van der Waals surface area contributed by atoms with Crippen LogP contribution in [0.15, 0.2) is 18.2 Å². The van der Waals surface area contributed by atoms with Crippen molar-refractivity contribution in [3.63, 3.8) is 0 Å². The molecule has 1 aliphatic heterocycles. The number of anilines is 2. The molecule has 3 nitrogen and oxygen atoms in total. The summed E-state index contributed by atoms with van der Waals surface area (Å²) in [5, 5.41) is 3.05. The Morgan fingerprint density at radius 2 is 2.41 bits per heavy atom. The van der Waals surface area contributed by atoms with Crippen molar-refractivity contribution in [2.75, 3.05) is 16.8 Å². The van der Waals surface area contributed by atoms with Gasteiger partial charge in [-0.05, 0) is 42.7 Å². The second-order valence-electron chi connectivity index (χ2n) is 4.26. The van der Waals surface area contributed by atoms with Gasteiger partial charge in [0.15, 0.2) is 0 Å². The normalized spacial score (nSPS) is 19.2. The highest BCUT2D eigenvalue weighted by atomic mass is 32.2. The predicted molar refractivity (Wildman–Crippen MR) is 74.3 cm³/mol. The van der Waals surface area contributed by atoms with E-state index >= 15 is 0 Å². The average Bonchev–Trinajstić information content (AvgIpc) is 2.82. The molecule has 92 valence electrons. The van der Waals surface area contributed by atoms with Crippen molar-refractivity contribution >= 4 is 29.0 Å². The van der Waals surface area contributed by atoms with E-state index in [9.17, 15) is 4.79 Å². The first-order valence-electron chi connectivity index (χ1n) is 6.01. The van der Waals surface area contributed by atoms with E-state index in [-0.39, 0.29) is 11.2 Å². The van der Waals surface area contributed by atoms with Gasteiger partial charge in [0.05, 0.1) is 5.25 Å². The maximum Gasteiger partial charge on any atom is 0.237 e. The molecule has 17 heavy (non-hydrogen) atoms. The van der Waals surface area contributed by atoms with Crippen molar-refractivity contribution in [2.45, 2.75) is 31.4 Å². The second kappa shape index (κ2) is 5.45. The third kappa shape index (κ3) is 2.94. The molecule has 0 aromatic heterocycles. The lowest BCUT2D eigenvalue weighted by atomic mass is 10.1. The summed E-state index contributed by atoms with van der Waals surface area (Å²) in [4.78, 5) is 11.9. The van der Waals surface area contributed by atoms with Crippen LogP contribution in [0, 0.1) is 0 Å². The third-order valence-corrected chi connectivity index (χ3v) is 4.39. The fourth-order valence-corrected chi connectivity index (χ4v) is 3.16. The number of nitrogens with two attached hydrogens (primary N) is 1. The molecule has 0 aliphatic carbocycles. The van der Waals surface area contributed by atoms with Crippen LogP contribution in [0.25, 0.3) is 0 Å². The van der Waals surface area contributed by atoms with Crippen molar-refractivity contribution in [2.24, 2.45) is 0 Å². The Morgan fingerprint density at radius 3 is 3.00 bits per heavy atom. The lowest BCUT2D eigenvalue weighted by Gasteiger charge is -2.11. The Kier molecular flexibility index (Phi) is 3.94. The molecule has 1 heterocycles. The van der Waals surface area contributed by atoms with E-state index < -0.39 is 0 Å². The number of carbonyl (C=O) groups is 1. The van der Waals surface area contributed by atoms with Gasteiger partial charge in [-0.2, -0.15) is 0 Å². The topological polar surface area (TPSA) is 55.1 Å². The highest BCUT2D eigenvalue weighted by molar-refractivity contribution is 8.00. The molecule has 1 aliphatic rings. The summed E-state index contributed by atoms with van der Waals surface area (Å²) in [6.45, 7) is 2.07. The van der Waals surface area contributed by atoms with Crippen LogP contribution < -0.4 is 11.1 Å². The Morgan fingerprint density at radius 1 is 1.59 bits per heavy atom. The zero-order valence-electron chi connectivity index (χ0n) is 10.0. The lowest BCUT2D eigenvalue weighted by molar-refractivity contribution is -0.115. The molecule has 1 fully saturated rings. The van der Waals surface area contributed by atoms with Gasteiger partial charge in [-0.1, -0.05) is 13.0 Å². The fraction of sp³-hybridized carbons (Fsp3) is 0.462. The van der Waals surface area contributed by atoms with E-state index in [0.29, 0.717) is 0 Å². The second-order valence-corrected chi connectivity index (χ2v) is 5.57. The number of rotatable bonds is 3. The van der Waals surface area contributed by atoms with Crippen LogP contribution in [0.3, 0.4) is 0 Å². The predicted octanol–water partition coefficient (Wildman–Crippen LogP) is 2.67. The lowest BCUT2D eigenvalue weighted by Crippen LogP contribution is -2.22. The van der Waals surface area contributed by atoms with Gasteiger partial charge in [-0.3, -0.25) is 4.79 Å². The molecule has 2 rings (SSSR count). The number of hydrogen-bond acceptors (Lipinski definition) is 3. The number of nitrogens with one attached hydrogen (secondary N) is 1. The molecule has 3 N–H and O–H groups in total. The molecule has 1 aromatic carbocycles. The minimum atomic E-state index is 0.108. The van der Waals surface area contributed by atoms with E-state index in [2.05, 4.69) is 12.2 Å². The molecule has 1 saturated heterocycles. The summed E-state index contributed by atoms with van der Waals surface area (Å²) >= 11 is 1.74. The largest absolute Gasteiger partial charge is 0.398 e. The van der Waals surface area contributed by atoms with Crippen LogP contribution in [0.1, 0.15) is 25.3 Å². The van der Waals surface area contributed by atoms with Crippen LogP contribution >= 0.6 is 11.8 Å². The van der Waals surface area contributed by atoms with E-state index in [4.69, 9.17) is 5.73 Å². The number of thioether (sulfide) groups is 1. The Hall–Kier alpha value is -1.16. The van der Waals surface area contributed by atoms with Crippen LogP contribution in [-0.4, -0.2) is 16.9 Å². The summed E-state index contributed by atoms with van der Waals surface area (Å²) in [5.41, 5.74) is 8.58. The van der Waals surface area contributed by atoms with Crippen molar-refractivity contribution in [1.29, 1.82) is 0 Å². The Labute approximate surface area is 106 Å². The molecule has 4 heteroatoms. The van der Waals surface area contributed by atoms with Gasteiger partial charge in [-0.25, -0.2) is 0 Å². The first-order chi connectivity index (χ1) is 8.20. The van der Waals surface area contributed by atoms with Crippen molar-refractivity contribution in [1.82, 2.24) is 0 Å². The van der Waals surface area contributed by atoms with E-state index in [0.717, 1.165) is 42.0 Å². The Bertz CT molecular complexity index is 414. The van der Waals surface area contributed by atoms with Gasteiger partial charge in [0.25, 0.3) is 0 Å². The number of amides is 1. The first-order valence-corrected chi connectivity index (χ1v) is 7.06. The smallest absolute Gasteiger partial charge is 0.237 e. The van der Waals surface area contributed by atoms with Crippen molar-refractivity contribution in [3.8, 4) is 0 Å². The standard InChI is InChI=1S/C13H18N2OS/c1-2-9-5-6-10(8-11(9)14)15-13(16)12-4-3-7-17-12/h5-6,8,12H,2-4,7,14H2,1H3,(H,15,16). The molecule has 1 atom stereocenters. The first kappa shape index (κ1) is 12.3. The average molecular weight is 250 g/mol. The molecule has 1 amide bonds. The summed E-state index contributed by atoms with van der Waals surface area (Å²) in [6.07, 6.45) is 3.04. The van der Waals surface area contributed by atoms with Crippen LogP contribution in [0.4, 0.5) is 11.4 Å². The van der Waals surface area contributed by atoms with E-state index in [1.54, 1.807) is 11.8 Å². The molecule has 0 spiro atoms. The van der Waals surface area contributed by atoms with Gasteiger partial charge in [-0.15, -0.1) is 11.8 Å². The molecule has 0 radical (unpaired) electrons. The SMILES string of the molecule is CCc1ccc(NC(=O)C2CCCS2)cc1N. The highest BCUT2D eigenvalue weighted by Crippen LogP contribution is 2.27. The van der Waals surface area contributed by atoms with Gasteiger partial charge in [0.1, 0.15) is 0 Å². The molecule has 0 bridgehead atoms. The summed E-state index contributed by atoms with van der Waals surface area (Å²) in [5.74, 6) is 1.20. The molecule has 1 aromatic rings. The van der Waals surface area contributed by atoms with E-state index in [1.807, 2.05) is 18.2 Å². The third-order valence-electron chi connectivity index (χ3n) is 3.02. The zero-order valence-corrected chi connectivity index (χ0v) is 10.8. The zero-order chi connectivity index (χ0) is 12.3. The summed E-state index contributed by atoms with van der Waals surface area (Å²) < 4.78 is 0. The molecule has 1 unspecified atom stereocenters. The number of aryl methyl sites for hydroxylation is 1. The van der Waals surface area contributed by atoms with Crippen molar-refractivity contribution in [3.05, 3.63) is 23.8 Å². The quantitative estimate of drug-likeness (QED) is 0.811. The fourth-order valence-electron chi connectivity index (χ4n) is 2.00. The molecular weight excluding hydrogens is 232 g/mol. The highest BCUT2D eigenvalue weighted by Gasteiger charge is 2.23. The summed E-state index contributed by atoms with van der Waals surface area (Å²) in [6, 6.07) is 5.75. The Balaban J connectivity index is 2.03. The van der Waals surface area contributed by atoms with Gasteiger partial charge < -0.3 is 11.1 Å². The minimum Gasteiger partial charge on any atom is -0.398 e. The molecule has 0 saturated carbocycles. The number of hydrogen-bond donors (Lipinski definition) is 2. The maximum atomic E-state index is 11.9. The van der Waals surface area contributed by atoms with E-state index in [1.165, 1.54) is 0 Å². The van der Waals surface area contributed by atoms with Gasteiger partial charge in [0, 0.05) is 11.4 Å². The van der Waals surface area contributed by atoms with Crippen molar-refractivity contribution < 1.29 is 4.79 Å². The van der Waals surface area contributed by atoms with Crippen LogP contribution in [-0.2, 0) is 11.2 Å². The van der Waals surface area contributed by atoms with Crippen LogP contribution in [0.5, 0.6) is 0 Å². The number of carbonyl (C=O) groups excluding carboxylic acids is 1. The number of nitrogen functional groups attached to an aromatic ring is 1. The van der Waals surface area contributed by atoms with Crippen LogP contribution in [0.2, 0.25) is 0 Å². The number of benzene rings is 1. The monoisotopic (exact) mass is 250 g/mol. The minimum absolute atomic E-state index is 0.108. The van der Waals surface area contributed by atoms with Gasteiger partial charge in [0.2, 0.25) is 5.91 Å². The maximum absolute atomic E-state index is 11.9. The molecular formula is C13H18N2OS. The van der Waals surface area contributed by atoms with Gasteiger partial charge >= 0.3 is 0 Å². The summed E-state index contributed by atoms with van der Waals surface area (Å²) in [7, 11) is 0.